The monoisotopic (exact) mass is 295 g/mol. The van der Waals surface area contributed by atoms with E-state index in [-0.39, 0.29) is 5.60 Å². The third kappa shape index (κ3) is 3.64. The van der Waals surface area contributed by atoms with Gasteiger partial charge in [0.1, 0.15) is 5.60 Å². The molecule has 0 aromatic carbocycles. The SMILES string of the molecule is CNC(Cc1nc(C2(OC)CCC(C)CC2)no1)C(C)C. The van der Waals surface area contributed by atoms with E-state index in [1.165, 1.54) is 0 Å². The number of ether oxygens (including phenoxy) is 1. The highest BCUT2D eigenvalue weighted by atomic mass is 16.5. The van der Waals surface area contributed by atoms with Gasteiger partial charge in [0, 0.05) is 19.6 Å². The van der Waals surface area contributed by atoms with Gasteiger partial charge in [0.05, 0.1) is 0 Å². The van der Waals surface area contributed by atoms with E-state index in [4.69, 9.17) is 9.26 Å². The lowest BCUT2D eigenvalue weighted by Crippen LogP contribution is -2.35. The number of nitrogens with zero attached hydrogens (tertiary/aromatic N) is 2. The molecule has 1 fully saturated rings. The van der Waals surface area contributed by atoms with E-state index < -0.39 is 0 Å². The molecule has 1 aromatic rings. The zero-order chi connectivity index (χ0) is 15.5. The number of aromatic nitrogens is 2. The van der Waals surface area contributed by atoms with Crippen LogP contribution in [-0.2, 0) is 16.8 Å². The molecule has 1 N–H and O–H groups in total. The van der Waals surface area contributed by atoms with Crippen LogP contribution in [0.4, 0.5) is 0 Å². The molecule has 1 aromatic heterocycles. The Hall–Kier alpha value is -0.940. The van der Waals surface area contributed by atoms with E-state index in [0.29, 0.717) is 17.9 Å². The molecule has 0 aliphatic heterocycles. The van der Waals surface area contributed by atoms with Crippen LogP contribution in [0.5, 0.6) is 0 Å². The Morgan fingerprint density at radius 1 is 1.38 bits per heavy atom. The predicted molar refractivity (Wildman–Crippen MR) is 82.0 cm³/mol. The van der Waals surface area contributed by atoms with Crippen molar-refractivity contribution in [2.24, 2.45) is 11.8 Å². The second kappa shape index (κ2) is 6.88. The summed E-state index contributed by atoms with van der Waals surface area (Å²) >= 11 is 0. The van der Waals surface area contributed by atoms with E-state index in [9.17, 15) is 0 Å². The Labute approximate surface area is 127 Å². The van der Waals surface area contributed by atoms with E-state index in [2.05, 4.69) is 36.2 Å². The fourth-order valence-electron chi connectivity index (χ4n) is 3.13. The highest BCUT2D eigenvalue weighted by Crippen LogP contribution is 2.40. The topological polar surface area (TPSA) is 60.2 Å². The Kier molecular flexibility index (Phi) is 5.38. The first-order valence-corrected chi connectivity index (χ1v) is 8.06. The van der Waals surface area contributed by atoms with Crippen molar-refractivity contribution in [1.29, 1.82) is 0 Å². The molecule has 2 rings (SSSR count). The average molecular weight is 295 g/mol. The number of nitrogens with one attached hydrogen (secondary N) is 1. The molecule has 0 radical (unpaired) electrons. The van der Waals surface area contributed by atoms with Crippen LogP contribution in [0.3, 0.4) is 0 Å². The average Bonchev–Trinajstić information content (AvgIpc) is 2.95. The summed E-state index contributed by atoms with van der Waals surface area (Å²) in [5, 5.41) is 7.52. The normalized spacial score (nSPS) is 28.0. The maximum atomic E-state index is 5.80. The fraction of sp³-hybridized carbons (Fsp3) is 0.875. The molecule has 1 saturated carbocycles. The zero-order valence-corrected chi connectivity index (χ0v) is 14.0. The van der Waals surface area contributed by atoms with Crippen LogP contribution in [0.15, 0.2) is 4.52 Å². The van der Waals surface area contributed by atoms with Gasteiger partial charge in [0.25, 0.3) is 0 Å². The lowest BCUT2D eigenvalue weighted by atomic mass is 9.79. The van der Waals surface area contributed by atoms with Crippen molar-refractivity contribution in [2.45, 2.75) is 64.5 Å². The first kappa shape index (κ1) is 16.4. The Bertz CT molecular complexity index is 436. The molecule has 5 heteroatoms. The summed E-state index contributed by atoms with van der Waals surface area (Å²) in [7, 11) is 3.73. The Morgan fingerprint density at radius 2 is 2.05 bits per heavy atom. The maximum Gasteiger partial charge on any atom is 0.228 e. The predicted octanol–water partition coefficient (Wildman–Crippen LogP) is 2.91. The first-order chi connectivity index (χ1) is 10.0. The molecule has 1 aliphatic rings. The van der Waals surface area contributed by atoms with Gasteiger partial charge in [0.2, 0.25) is 11.7 Å². The van der Waals surface area contributed by atoms with Crippen LogP contribution in [0, 0.1) is 11.8 Å². The molecule has 1 atom stereocenters. The largest absolute Gasteiger partial charge is 0.370 e. The van der Waals surface area contributed by atoms with E-state index in [0.717, 1.165) is 43.8 Å². The number of methoxy groups -OCH3 is 1. The molecular formula is C16H29N3O2. The first-order valence-electron chi connectivity index (χ1n) is 8.06. The fourth-order valence-corrected chi connectivity index (χ4v) is 3.13. The molecule has 0 spiro atoms. The Morgan fingerprint density at radius 3 is 2.57 bits per heavy atom. The summed E-state index contributed by atoms with van der Waals surface area (Å²) in [6.45, 7) is 6.68. The van der Waals surface area contributed by atoms with Gasteiger partial charge in [-0.15, -0.1) is 0 Å². The molecule has 1 heterocycles. The van der Waals surface area contributed by atoms with Gasteiger partial charge < -0.3 is 14.6 Å². The second-order valence-electron chi connectivity index (χ2n) is 6.74. The van der Waals surface area contributed by atoms with Crippen molar-refractivity contribution in [2.75, 3.05) is 14.2 Å². The van der Waals surface area contributed by atoms with Gasteiger partial charge in [0.15, 0.2) is 0 Å². The summed E-state index contributed by atoms with van der Waals surface area (Å²) in [5.41, 5.74) is -0.346. The summed E-state index contributed by atoms with van der Waals surface area (Å²) in [5.74, 6) is 2.71. The molecule has 1 aliphatic carbocycles. The van der Waals surface area contributed by atoms with E-state index in [1.54, 1.807) is 7.11 Å². The summed E-state index contributed by atoms with van der Waals surface area (Å²) in [4.78, 5) is 4.63. The van der Waals surface area contributed by atoms with Crippen molar-refractivity contribution in [3.05, 3.63) is 11.7 Å². The highest BCUT2D eigenvalue weighted by molar-refractivity contribution is 5.04. The third-order valence-corrected chi connectivity index (χ3v) is 4.92. The van der Waals surface area contributed by atoms with Gasteiger partial charge in [-0.2, -0.15) is 4.98 Å². The van der Waals surface area contributed by atoms with Gasteiger partial charge in [-0.25, -0.2) is 0 Å². The molecule has 1 unspecified atom stereocenters. The number of rotatable bonds is 6. The minimum atomic E-state index is -0.346. The van der Waals surface area contributed by atoms with Crippen molar-refractivity contribution in [3.63, 3.8) is 0 Å². The van der Waals surface area contributed by atoms with Gasteiger partial charge in [-0.1, -0.05) is 25.9 Å². The van der Waals surface area contributed by atoms with Gasteiger partial charge in [-0.05, 0) is 44.6 Å². The molecule has 0 saturated heterocycles. The molecule has 5 nitrogen and oxygen atoms in total. The smallest absolute Gasteiger partial charge is 0.228 e. The summed E-state index contributed by atoms with van der Waals surface area (Å²) in [6, 6.07) is 0.350. The molecule has 0 bridgehead atoms. The van der Waals surface area contributed by atoms with Gasteiger partial charge >= 0.3 is 0 Å². The highest BCUT2D eigenvalue weighted by Gasteiger charge is 2.40. The quantitative estimate of drug-likeness (QED) is 0.874. The molecule has 120 valence electrons. The number of hydrogen-bond acceptors (Lipinski definition) is 5. The molecule has 0 amide bonds. The van der Waals surface area contributed by atoms with E-state index >= 15 is 0 Å². The maximum absolute atomic E-state index is 5.80. The van der Waals surface area contributed by atoms with Crippen LogP contribution >= 0.6 is 0 Å². The van der Waals surface area contributed by atoms with Crippen molar-refractivity contribution < 1.29 is 9.26 Å². The van der Waals surface area contributed by atoms with Crippen molar-refractivity contribution in [3.8, 4) is 0 Å². The van der Waals surface area contributed by atoms with Crippen molar-refractivity contribution >= 4 is 0 Å². The lowest BCUT2D eigenvalue weighted by Gasteiger charge is -2.35. The third-order valence-electron chi connectivity index (χ3n) is 4.92. The molecule has 21 heavy (non-hydrogen) atoms. The minimum Gasteiger partial charge on any atom is -0.370 e. The van der Waals surface area contributed by atoms with Crippen LogP contribution in [0.25, 0.3) is 0 Å². The van der Waals surface area contributed by atoms with Crippen LogP contribution in [0.1, 0.15) is 58.2 Å². The molecular weight excluding hydrogens is 266 g/mol. The Balaban J connectivity index is 2.11. The van der Waals surface area contributed by atoms with Crippen LogP contribution in [0.2, 0.25) is 0 Å². The summed E-state index contributed by atoms with van der Waals surface area (Å²) < 4.78 is 11.3. The summed E-state index contributed by atoms with van der Waals surface area (Å²) in [6.07, 6.45) is 5.02. The minimum absolute atomic E-state index is 0.346. The van der Waals surface area contributed by atoms with Crippen LogP contribution < -0.4 is 5.32 Å². The standard InChI is InChI=1S/C16H29N3O2/c1-11(2)13(17-4)10-14-18-15(19-21-14)16(20-5)8-6-12(3)7-9-16/h11-13,17H,6-10H2,1-5H3. The lowest BCUT2D eigenvalue weighted by molar-refractivity contribution is -0.0609. The van der Waals surface area contributed by atoms with Gasteiger partial charge in [-0.3, -0.25) is 0 Å². The number of hydrogen-bond donors (Lipinski definition) is 1. The second-order valence-corrected chi connectivity index (χ2v) is 6.74. The number of likely N-dealkylation sites (N-methyl/N-ethyl adjacent to an activating group) is 1. The van der Waals surface area contributed by atoms with E-state index in [1.807, 2.05) is 7.05 Å². The van der Waals surface area contributed by atoms with Crippen molar-refractivity contribution in [1.82, 2.24) is 15.5 Å². The zero-order valence-electron chi connectivity index (χ0n) is 14.0. The van der Waals surface area contributed by atoms with Crippen LogP contribution in [-0.4, -0.2) is 30.3 Å².